The van der Waals surface area contributed by atoms with Crippen LogP contribution in [-0.4, -0.2) is 12.0 Å². The van der Waals surface area contributed by atoms with Crippen LogP contribution in [0.1, 0.15) is 20.3 Å². The van der Waals surface area contributed by atoms with Gasteiger partial charge in [-0.3, -0.25) is 4.57 Å². The molecule has 1 N–H and O–H groups in total. The highest BCUT2D eigenvalue weighted by atomic mass is 31.2. The highest BCUT2D eigenvalue weighted by molar-refractivity contribution is 7.57. The molecule has 0 spiro atoms. The van der Waals surface area contributed by atoms with Crippen LogP contribution in [0.5, 0.6) is 0 Å². The first kappa shape index (κ1) is 10.7. The first-order chi connectivity index (χ1) is 5.95. The molecule has 1 aliphatic rings. The maximum atomic E-state index is 11.4. The second kappa shape index (κ2) is 3.79. The van der Waals surface area contributed by atoms with Crippen molar-refractivity contribution in [2.75, 3.05) is 7.11 Å². The van der Waals surface area contributed by atoms with Gasteiger partial charge < -0.3 is 9.42 Å². The zero-order valence-electron chi connectivity index (χ0n) is 8.15. The van der Waals surface area contributed by atoms with Crippen LogP contribution in [0.25, 0.3) is 0 Å². The Balaban J connectivity index is 2.99. The third kappa shape index (κ3) is 2.53. The summed E-state index contributed by atoms with van der Waals surface area (Å²) < 4.78 is 16.0. The lowest BCUT2D eigenvalue weighted by Crippen LogP contribution is -2.00. The molecule has 2 atom stereocenters. The normalized spacial score (nSPS) is 27.5. The SMILES string of the molecule is COP(=O)(O)C1=CC(C)CC(C)=C1. The minimum atomic E-state index is -3.54. The largest absolute Gasteiger partial charge is 0.358 e. The zero-order chi connectivity index (χ0) is 10.1. The Labute approximate surface area is 78.6 Å². The average Bonchev–Trinajstić information content (AvgIpc) is 2.02. The van der Waals surface area contributed by atoms with E-state index in [1.54, 1.807) is 12.2 Å². The van der Waals surface area contributed by atoms with Crippen molar-refractivity contribution >= 4 is 7.60 Å². The number of hydrogen-bond donors (Lipinski definition) is 1. The summed E-state index contributed by atoms with van der Waals surface area (Å²) in [6.45, 7) is 3.98. The van der Waals surface area contributed by atoms with Crippen molar-refractivity contribution in [1.82, 2.24) is 0 Å². The van der Waals surface area contributed by atoms with E-state index in [4.69, 9.17) is 0 Å². The van der Waals surface area contributed by atoms with Crippen molar-refractivity contribution in [3.05, 3.63) is 23.0 Å². The van der Waals surface area contributed by atoms with Gasteiger partial charge in [-0.1, -0.05) is 18.6 Å². The van der Waals surface area contributed by atoms with Gasteiger partial charge in [0.05, 0.1) is 5.31 Å². The summed E-state index contributed by atoms with van der Waals surface area (Å²) in [4.78, 5) is 9.40. The van der Waals surface area contributed by atoms with Crippen LogP contribution in [0.3, 0.4) is 0 Å². The molecular weight excluding hydrogens is 187 g/mol. The van der Waals surface area contributed by atoms with Crippen LogP contribution < -0.4 is 0 Å². The first-order valence-corrected chi connectivity index (χ1v) is 5.81. The molecule has 1 aliphatic carbocycles. The van der Waals surface area contributed by atoms with Crippen molar-refractivity contribution in [3.63, 3.8) is 0 Å². The van der Waals surface area contributed by atoms with Crippen molar-refractivity contribution in [3.8, 4) is 0 Å². The second-order valence-electron chi connectivity index (χ2n) is 3.47. The van der Waals surface area contributed by atoms with Gasteiger partial charge in [-0.15, -0.1) is 0 Å². The number of rotatable bonds is 2. The zero-order valence-corrected chi connectivity index (χ0v) is 9.04. The molecule has 0 saturated carbocycles. The van der Waals surface area contributed by atoms with E-state index in [1.165, 1.54) is 7.11 Å². The second-order valence-corrected chi connectivity index (χ2v) is 5.39. The van der Waals surface area contributed by atoms with E-state index in [-0.39, 0.29) is 0 Å². The molecule has 74 valence electrons. The Morgan fingerprint density at radius 1 is 1.69 bits per heavy atom. The number of hydrogen-bond acceptors (Lipinski definition) is 2. The third-order valence-corrected chi connectivity index (χ3v) is 3.49. The Bertz CT molecular complexity index is 304. The fraction of sp³-hybridized carbons (Fsp3) is 0.556. The minimum absolute atomic E-state index is 0.315. The molecular formula is C9H15O3P. The lowest BCUT2D eigenvalue weighted by Gasteiger charge is -2.18. The molecule has 0 aromatic heterocycles. The molecule has 0 bridgehead atoms. The lowest BCUT2D eigenvalue weighted by atomic mass is 9.97. The maximum Gasteiger partial charge on any atom is 0.358 e. The Hall–Kier alpha value is -0.370. The molecule has 0 saturated heterocycles. The molecule has 3 nitrogen and oxygen atoms in total. The van der Waals surface area contributed by atoms with Crippen LogP contribution in [0.2, 0.25) is 0 Å². The van der Waals surface area contributed by atoms with E-state index in [9.17, 15) is 9.46 Å². The van der Waals surface area contributed by atoms with E-state index >= 15 is 0 Å². The van der Waals surface area contributed by atoms with Gasteiger partial charge in [0, 0.05) is 7.11 Å². The summed E-state index contributed by atoms with van der Waals surface area (Å²) in [5.74, 6) is 0.315. The van der Waals surface area contributed by atoms with Crippen molar-refractivity contribution < 1.29 is 14.0 Å². The summed E-state index contributed by atoms with van der Waals surface area (Å²) in [7, 11) is -2.28. The molecule has 1 rings (SSSR count). The topological polar surface area (TPSA) is 46.5 Å². The average molecular weight is 202 g/mol. The highest BCUT2D eigenvalue weighted by Crippen LogP contribution is 2.52. The van der Waals surface area contributed by atoms with Gasteiger partial charge in [-0.2, -0.15) is 0 Å². The van der Waals surface area contributed by atoms with E-state index < -0.39 is 7.60 Å². The standard InChI is InChI=1S/C9H15O3P/c1-7-4-8(2)6-9(5-7)13(10,11)12-3/h5-7H,4H2,1-3H3,(H,10,11). The molecule has 0 heterocycles. The van der Waals surface area contributed by atoms with Gasteiger partial charge in [-0.25, -0.2) is 0 Å². The van der Waals surface area contributed by atoms with Crippen LogP contribution in [0.15, 0.2) is 23.0 Å². The van der Waals surface area contributed by atoms with E-state index in [0.29, 0.717) is 11.2 Å². The molecule has 0 aromatic carbocycles. The summed E-state index contributed by atoms with van der Waals surface area (Å²) in [6.07, 6.45) is 4.49. The van der Waals surface area contributed by atoms with E-state index in [0.717, 1.165) is 12.0 Å². The van der Waals surface area contributed by atoms with Gasteiger partial charge in [0.1, 0.15) is 0 Å². The third-order valence-electron chi connectivity index (χ3n) is 2.07. The van der Waals surface area contributed by atoms with Gasteiger partial charge in [0.25, 0.3) is 0 Å². The van der Waals surface area contributed by atoms with Gasteiger partial charge >= 0.3 is 7.60 Å². The molecule has 0 fully saturated rings. The maximum absolute atomic E-state index is 11.4. The predicted octanol–water partition coefficient (Wildman–Crippen LogP) is 2.69. The molecule has 0 aliphatic heterocycles. The van der Waals surface area contributed by atoms with Crippen LogP contribution in [-0.2, 0) is 9.09 Å². The molecule has 2 unspecified atom stereocenters. The quantitative estimate of drug-likeness (QED) is 0.700. The monoisotopic (exact) mass is 202 g/mol. The summed E-state index contributed by atoms with van der Waals surface area (Å²) in [6, 6.07) is 0. The predicted molar refractivity (Wildman–Crippen MR) is 52.5 cm³/mol. The van der Waals surface area contributed by atoms with Crippen molar-refractivity contribution in [2.45, 2.75) is 20.3 Å². The Kier molecular flexibility index (Phi) is 3.12. The minimum Gasteiger partial charge on any atom is -0.321 e. The fourth-order valence-electron chi connectivity index (χ4n) is 1.50. The molecule has 13 heavy (non-hydrogen) atoms. The summed E-state index contributed by atoms with van der Waals surface area (Å²) in [5.41, 5.74) is 1.12. The van der Waals surface area contributed by atoms with Gasteiger partial charge in [-0.05, 0) is 25.3 Å². The molecule has 4 heteroatoms. The fourth-order valence-corrected chi connectivity index (χ4v) is 2.54. The summed E-state index contributed by atoms with van der Waals surface area (Å²) >= 11 is 0. The van der Waals surface area contributed by atoms with Crippen molar-refractivity contribution in [2.24, 2.45) is 5.92 Å². The van der Waals surface area contributed by atoms with Crippen molar-refractivity contribution in [1.29, 1.82) is 0 Å². The highest BCUT2D eigenvalue weighted by Gasteiger charge is 2.25. The van der Waals surface area contributed by atoms with E-state index in [1.807, 2.05) is 13.8 Å². The van der Waals surface area contributed by atoms with Gasteiger partial charge in [0.15, 0.2) is 0 Å². The molecule has 0 radical (unpaired) electrons. The molecule has 0 amide bonds. The van der Waals surface area contributed by atoms with E-state index in [2.05, 4.69) is 4.52 Å². The smallest absolute Gasteiger partial charge is 0.321 e. The molecule has 0 aromatic rings. The summed E-state index contributed by atoms with van der Waals surface area (Å²) in [5, 5.41) is 0.422. The van der Waals surface area contributed by atoms with Crippen LogP contribution in [0.4, 0.5) is 0 Å². The van der Waals surface area contributed by atoms with Gasteiger partial charge in [0.2, 0.25) is 0 Å². The number of allylic oxidation sites excluding steroid dienone is 4. The Morgan fingerprint density at radius 2 is 2.31 bits per heavy atom. The van der Waals surface area contributed by atoms with Crippen LogP contribution >= 0.6 is 7.60 Å². The van der Waals surface area contributed by atoms with Crippen LogP contribution in [0, 0.1) is 5.92 Å². The Morgan fingerprint density at radius 3 is 2.77 bits per heavy atom. The lowest BCUT2D eigenvalue weighted by molar-refractivity contribution is 0.324. The first-order valence-electron chi connectivity index (χ1n) is 4.24.